The minimum absolute atomic E-state index is 0.753. The second-order valence-electron chi connectivity index (χ2n) is 6.89. The average molecular weight is 448 g/mol. The Balaban J connectivity index is 0.000000523. The molecule has 0 N–H and O–H groups in total. The minimum atomic E-state index is -4.94. The Morgan fingerprint density at radius 1 is 0.594 bits per heavy atom. The quantitative estimate of drug-likeness (QED) is 0.341. The molecular weight excluding hydrogens is 426 g/mol. The van der Waals surface area contributed by atoms with E-state index in [1.807, 2.05) is 6.08 Å². The lowest BCUT2D eigenvalue weighted by Crippen LogP contribution is -2.68. The smallest absolute Gasteiger partial charge is 0.213 e. The molecule has 0 atom stereocenters. The van der Waals surface area contributed by atoms with Gasteiger partial charge in [0.2, 0.25) is 11.4 Å². The highest BCUT2D eigenvalue weighted by Gasteiger charge is 2.21. The molecular formula is C26H22ClNO4. The number of nitrogens with zero attached hydrogens (tertiary/aromatic N) is 1. The normalized spacial score (nSPS) is 10.8. The number of pyridine rings is 1. The van der Waals surface area contributed by atoms with E-state index in [-0.39, 0.29) is 0 Å². The Labute approximate surface area is 189 Å². The van der Waals surface area contributed by atoms with Crippen LogP contribution in [0.15, 0.2) is 116 Å². The van der Waals surface area contributed by atoms with Crippen LogP contribution in [-0.4, -0.2) is 0 Å². The number of aromatic nitrogens is 1. The van der Waals surface area contributed by atoms with E-state index in [2.05, 4.69) is 114 Å². The van der Waals surface area contributed by atoms with Gasteiger partial charge in [-0.1, -0.05) is 73.3 Å². The molecule has 1 aromatic heterocycles. The van der Waals surface area contributed by atoms with Crippen LogP contribution in [0.1, 0.15) is 0 Å². The van der Waals surface area contributed by atoms with Crippen molar-refractivity contribution in [1.29, 1.82) is 0 Å². The summed E-state index contributed by atoms with van der Waals surface area (Å²) in [7, 11) is -4.94. The lowest BCUT2D eigenvalue weighted by Gasteiger charge is -2.17. The fourth-order valence-electron chi connectivity index (χ4n) is 3.44. The maximum absolute atomic E-state index is 8.49. The van der Waals surface area contributed by atoms with Crippen LogP contribution >= 0.6 is 0 Å². The summed E-state index contributed by atoms with van der Waals surface area (Å²) in [5.41, 5.74) is 7.22. The first-order valence-corrected chi connectivity index (χ1v) is 11.1. The molecule has 6 heteroatoms. The highest BCUT2D eigenvalue weighted by Crippen LogP contribution is 2.29. The Bertz CT molecular complexity index is 1080. The molecule has 0 radical (unpaired) electrons. The van der Waals surface area contributed by atoms with Crippen molar-refractivity contribution in [1.82, 2.24) is 0 Å². The van der Waals surface area contributed by atoms with Gasteiger partial charge in [0.1, 0.15) is 0 Å². The zero-order valence-corrected chi connectivity index (χ0v) is 18.0. The largest absolute Gasteiger partial charge is 0.222 e. The van der Waals surface area contributed by atoms with Crippen LogP contribution in [0.4, 0.5) is 0 Å². The van der Waals surface area contributed by atoms with E-state index in [9.17, 15) is 0 Å². The van der Waals surface area contributed by atoms with Gasteiger partial charge in [0.15, 0.2) is 6.54 Å². The molecule has 4 aromatic rings. The Hall–Kier alpha value is -3.32. The minimum Gasteiger partial charge on any atom is -0.222 e. The summed E-state index contributed by atoms with van der Waals surface area (Å²) in [6.45, 7) is 4.74. The standard InChI is InChI=1S/C26H22N.ClHO4/c1-2-18-27-25(22-14-8-4-9-15-22)19-24(21-12-6-3-7-13-21)20-26(27)23-16-10-5-11-17-23;2-1(3,4)5/h2-17,19-20H,1,18H2;(H,2,3,4,5)/q+1;/p-1. The third kappa shape index (κ3) is 6.59. The van der Waals surface area contributed by atoms with Gasteiger partial charge in [-0.05, 0) is 41.5 Å². The van der Waals surface area contributed by atoms with Crippen LogP contribution in [0, 0.1) is 10.2 Å². The number of rotatable bonds is 5. The first kappa shape index (κ1) is 23.3. The molecule has 162 valence electrons. The number of benzene rings is 3. The summed E-state index contributed by atoms with van der Waals surface area (Å²) in [6.07, 6.45) is 1.96. The van der Waals surface area contributed by atoms with Crippen molar-refractivity contribution < 1.29 is 33.4 Å². The molecule has 1 heterocycles. The van der Waals surface area contributed by atoms with E-state index in [1.165, 1.54) is 33.6 Å². The third-order valence-electron chi connectivity index (χ3n) is 4.72. The van der Waals surface area contributed by atoms with E-state index >= 15 is 0 Å². The lowest BCUT2D eigenvalue weighted by molar-refractivity contribution is -2.00. The Morgan fingerprint density at radius 3 is 1.28 bits per heavy atom. The number of hydrogen-bond donors (Lipinski definition) is 0. The second-order valence-corrected chi connectivity index (χ2v) is 7.65. The predicted octanol–water partition coefficient (Wildman–Crippen LogP) is 1.41. The molecule has 32 heavy (non-hydrogen) atoms. The molecule has 0 spiro atoms. The van der Waals surface area contributed by atoms with Crippen LogP contribution in [0.3, 0.4) is 0 Å². The van der Waals surface area contributed by atoms with Gasteiger partial charge in [-0.2, -0.15) is 4.57 Å². The first-order valence-electron chi connectivity index (χ1n) is 9.83. The molecule has 5 nitrogen and oxygen atoms in total. The predicted molar refractivity (Wildman–Crippen MR) is 113 cm³/mol. The van der Waals surface area contributed by atoms with Crippen LogP contribution < -0.4 is 23.2 Å². The van der Waals surface area contributed by atoms with Crippen molar-refractivity contribution in [3.63, 3.8) is 0 Å². The number of halogens is 1. The van der Waals surface area contributed by atoms with Crippen molar-refractivity contribution in [3.8, 4) is 33.6 Å². The zero-order chi connectivity index (χ0) is 23.0. The molecule has 0 saturated heterocycles. The molecule has 0 aliphatic heterocycles. The van der Waals surface area contributed by atoms with Crippen LogP contribution in [0.2, 0.25) is 0 Å². The van der Waals surface area contributed by atoms with Gasteiger partial charge >= 0.3 is 0 Å². The second kappa shape index (κ2) is 10.8. The van der Waals surface area contributed by atoms with E-state index in [0.29, 0.717) is 0 Å². The fraction of sp³-hybridized carbons (Fsp3) is 0.0385. The van der Waals surface area contributed by atoms with Gasteiger partial charge in [-0.3, -0.25) is 0 Å². The average Bonchev–Trinajstić information content (AvgIpc) is 2.80. The lowest BCUT2D eigenvalue weighted by atomic mass is 9.99. The van der Waals surface area contributed by atoms with E-state index in [0.717, 1.165) is 6.54 Å². The molecule has 0 amide bonds. The molecule has 0 saturated carbocycles. The maximum atomic E-state index is 8.49. The summed E-state index contributed by atoms with van der Waals surface area (Å²) in [5.74, 6) is 0. The fourth-order valence-corrected chi connectivity index (χ4v) is 3.44. The molecule has 3 aromatic carbocycles. The van der Waals surface area contributed by atoms with Gasteiger partial charge < -0.3 is 0 Å². The first-order chi connectivity index (χ1) is 15.4. The van der Waals surface area contributed by atoms with Gasteiger partial charge in [0, 0.05) is 23.3 Å². The van der Waals surface area contributed by atoms with Crippen LogP contribution in [-0.2, 0) is 6.54 Å². The van der Waals surface area contributed by atoms with Crippen LogP contribution in [0.25, 0.3) is 33.6 Å². The van der Waals surface area contributed by atoms with E-state index in [4.69, 9.17) is 18.6 Å². The summed E-state index contributed by atoms with van der Waals surface area (Å²) >= 11 is 0. The monoisotopic (exact) mass is 447 g/mol. The van der Waals surface area contributed by atoms with Crippen molar-refractivity contribution in [2.24, 2.45) is 0 Å². The van der Waals surface area contributed by atoms with Crippen molar-refractivity contribution in [2.75, 3.05) is 0 Å². The summed E-state index contributed by atoms with van der Waals surface area (Å²) in [6, 6.07) is 36.2. The van der Waals surface area contributed by atoms with E-state index < -0.39 is 10.2 Å². The number of hydrogen-bond acceptors (Lipinski definition) is 4. The van der Waals surface area contributed by atoms with Gasteiger partial charge in [-0.15, -0.1) is 10.2 Å². The van der Waals surface area contributed by atoms with Crippen LogP contribution in [0.5, 0.6) is 0 Å². The summed E-state index contributed by atoms with van der Waals surface area (Å²) in [5, 5.41) is 0. The van der Waals surface area contributed by atoms with Crippen molar-refractivity contribution in [2.45, 2.75) is 6.54 Å². The van der Waals surface area contributed by atoms with Crippen molar-refractivity contribution >= 4 is 0 Å². The summed E-state index contributed by atoms with van der Waals surface area (Å²) in [4.78, 5) is 0. The van der Waals surface area contributed by atoms with Gasteiger partial charge in [0.25, 0.3) is 0 Å². The molecule has 0 unspecified atom stereocenters. The molecule has 0 aliphatic rings. The van der Waals surface area contributed by atoms with Gasteiger partial charge in [0.05, 0.1) is 0 Å². The molecule has 0 bridgehead atoms. The molecule has 4 rings (SSSR count). The highest BCUT2D eigenvalue weighted by atomic mass is 35.7. The zero-order valence-electron chi connectivity index (χ0n) is 17.3. The molecule has 0 fully saturated rings. The third-order valence-corrected chi connectivity index (χ3v) is 4.72. The number of allylic oxidation sites excluding steroid dienone is 1. The van der Waals surface area contributed by atoms with Gasteiger partial charge in [-0.25, -0.2) is 18.6 Å². The maximum Gasteiger partial charge on any atom is 0.213 e. The molecule has 0 aliphatic carbocycles. The highest BCUT2D eigenvalue weighted by molar-refractivity contribution is 5.73. The Morgan fingerprint density at radius 2 is 0.938 bits per heavy atom. The SMILES string of the molecule is C=CC[n+]1c(-c2ccccc2)cc(-c2ccccc2)cc1-c1ccccc1.[O-][Cl+3]([O-])([O-])[O-]. The van der Waals surface area contributed by atoms with Crippen molar-refractivity contribution in [3.05, 3.63) is 116 Å². The Kier molecular flexibility index (Phi) is 7.89. The summed E-state index contributed by atoms with van der Waals surface area (Å²) < 4.78 is 36.3. The van der Waals surface area contributed by atoms with E-state index in [1.54, 1.807) is 0 Å². The topological polar surface area (TPSA) is 96.1 Å².